The molecule has 2 aromatic rings. The van der Waals surface area contributed by atoms with Gasteiger partial charge in [0.15, 0.2) is 0 Å². The van der Waals surface area contributed by atoms with E-state index in [1.54, 1.807) is 24.3 Å². The van der Waals surface area contributed by atoms with Crippen molar-refractivity contribution in [2.75, 3.05) is 0 Å². The van der Waals surface area contributed by atoms with Crippen LogP contribution in [0.2, 0.25) is 25.1 Å². The molecular weight excluding hydrogens is 337 g/mol. The van der Waals surface area contributed by atoms with Crippen molar-refractivity contribution in [3.8, 4) is 11.5 Å². The summed E-state index contributed by atoms with van der Waals surface area (Å²) in [6.45, 7) is 0. The van der Waals surface area contributed by atoms with Gasteiger partial charge >= 0.3 is 0 Å². The number of rotatable bonds is 2. The molecule has 0 heterocycles. The summed E-state index contributed by atoms with van der Waals surface area (Å²) >= 11 is 29.5. The molecule has 0 fully saturated rings. The van der Waals surface area contributed by atoms with Crippen molar-refractivity contribution in [3.63, 3.8) is 0 Å². The van der Waals surface area contributed by atoms with Gasteiger partial charge in [-0.3, -0.25) is 0 Å². The fourth-order valence-electron chi connectivity index (χ4n) is 1.32. The molecule has 94 valence electrons. The minimum absolute atomic E-state index is 0.275. The van der Waals surface area contributed by atoms with Gasteiger partial charge in [-0.25, -0.2) is 0 Å². The third-order valence-electron chi connectivity index (χ3n) is 2.02. The highest BCUT2D eigenvalue weighted by atomic mass is 35.5. The number of ether oxygens (including phenoxy) is 1. The first-order chi connectivity index (χ1) is 8.45. The second kappa shape index (κ2) is 5.77. The van der Waals surface area contributed by atoms with Crippen LogP contribution in [0.1, 0.15) is 0 Å². The molecule has 0 aromatic heterocycles. The Labute approximate surface area is 129 Å². The van der Waals surface area contributed by atoms with Gasteiger partial charge in [-0.15, -0.1) is 0 Å². The summed E-state index contributed by atoms with van der Waals surface area (Å²) < 4.78 is 5.56. The normalized spacial score (nSPS) is 10.5. The molecular formula is C12H5Cl5O. The highest BCUT2D eigenvalue weighted by Crippen LogP contribution is 2.38. The van der Waals surface area contributed by atoms with Crippen molar-refractivity contribution < 1.29 is 4.74 Å². The van der Waals surface area contributed by atoms with Crippen molar-refractivity contribution >= 4 is 58.0 Å². The molecule has 0 N–H and O–H groups in total. The molecule has 2 rings (SSSR count). The fourth-order valence-corrected chi connectivity index (χ4v) is 2.45. The van der Waals surface area contributed by atoms with Crippen LogP contribution in [0.4, 0.5) is 0 Å². The van der Waals surface area contributed by atoms with E-state index in [1.165, 1.54) is 6.07 Å². The number of halogens is 5. The molecule has 0 saturated carbocycles. The number of hydrogen-bond donors (Lipinski definition) is 0. The molecule has 1 nitrogen and oxygen atoms in total. The van der Waals surface area contributed by atoms with Gasteiger partial charge in [0.05, 0.1) is 5.02 Å². The Morgan fingerprint density at radius 1 is 0.667 bits per heavy atom. The van der Waals surface area contributed by atoms with Gasteiger partial charge < -0.3 is 4.74 Å². The third kappa shape index (κ3) is 3.37. The number of benzene rings is 2. The summed E-state index contributed by atoms with van der Waals surface area (Å²) in [5, 5.41) is 1.93. The largest absolute Gasteiger partial charge is 0.456 e. The Balaban J connectivity index is 2.39. The molecule has 0 aliphatic rings. The molecule has 0 saturated heterocycles. The summed E-state index contributed by atoms with van der Waals surface area (Å²) in [5.74, 6) is 0.792. The van der Waals surface area contributed by atoms with E-state index < -0.39 is 0 Å². The molecule has 0 unspecified atom stereocenters. The topological polar surface area (TPSA) is 9.23 Å². The van der Waals surface area contributed by atoms with E-state index in [9.17, 15) is 0 Å². The molecule has 6 heteroatoms. The predicted molar refractivity (Wildman–Crippen MR) is 78.0 cm³/mol. The lowest BCUT2D eigenvalue weighted by Crippen LogP contribution is -1.86. The average Bonchev–Trinajstić information content (AvgIpc) is 2.23. The maximum Gasteiger partial charge on any atom is 0.149 e. The minimum atomic E-state index is 0.275. The van der Waals surface area contributed by atoms with Gasteiger partial charge in [-0.2, -0.15) is 0 Å². The van der Waals surface area contributed by atoms with Crippen LogP contribution in [0, 0.1) is 0 Å². The quantitative estimate of drug-likeness (QED) is 0.549. The van der Waals surface area contributed by atoms with Crippen molar-refractivity contribution in [1.29, 1.82) is 0 Å². The van der Waals surface area contributed by atoms with E-state index in [1.807, 2.05) is 0 Å². The van der Waals surface area contributed by atoms with Crippen molar-refractivity contribution in [1.82, 2.24) is 0 Å². The van der Waals surface area contributed by atoms with Gasteiger partial charge in [0, 0.05) is 21.1 Å². The van der Waals surface area contributed by atoms with Crippen molar-refractivity contribution in [3.05, 3.63) is 55.4 Å². The maximum absolute atomic E-state index is 6.01. The van der Waals surface area contributed by atoms with Crippen LogP contribution in [-0.4, -0.2) is 0 Å². The lowest BCUT2D eigenvalue weighted by molar-refractivity contribution is 0.483. The van der Waals surface area contributed by atoms with Gasteiger partial charge in [0.2, 0.25) is 0 Å². The highest BCUT2D eigenvalue weighted by Gasteiger charge is 2.10. The summed E-state index contributed by atoms with van der Waals surface area (Å²) in [5.41, 5.74) is 0. The van der Waals surface area contributed by atoms with Gasteiger partial charge in [0.1, 0.15) is 16.5 Å². The van der Waals surface area contributed by atoms with Crippen LogP contribution in [0.25, 0.3) is 0 Å². The molecule has 0 aliphatic carbocycles. The zero-order chi connectivity index (χ0) is 13.3. The Kier molecular flexibility index (Phi) is 4.52. The van der Waals surface area contributed by atoms with Crippen LogP contribution in [0.5, 0.6) is 11.5 Å². The summed E-state index contributed by atoms with van der Waals surface area (Å²) in [6.07, 6.45) is 0. The first kappa shape index (κ1) is 14.1. The van der Waals surface area contributed by atoms with Gasteiger partial charge in [-0.1, -0.05) is 58.0 Å². The van der Waals surface area contributed by atoms with E-state index in [2.05, 4.69) is 0 Å². The first-order valence-corrected chi connectivity index (χ1v) is 6.63. The zero-order valence-corrected chi connectivity index (χ0v) is 12.5. The third-order valence-corrected chi connectivity index (χ3v) is 3.46. The molecule has 2 aromatic carbocycles. The fraction of sp³-hybridized carbons (Fsp3) is 0. The minimum Gasteiger partial charge on any atom is -0.456 e. The number of hydrogen-bond acceptors (Lipinski definition) is 1. The van der Waals surface area contributed by atoms with Crippen molar-refractivity contribution in [2.45, 2.75) is 0 Å². The Morgan fingerprint density at radius 3 is 1.83 bits per heavy atom. The Bertz CT molecular complexity index is 577. The van der Waals surface area contributed by atoms with Crippen LogP contribution < -0.4 is 4.74 Å². The maximum atomic E-state index is 6.01. The van der Waals surface area contributed by atoms with E-state index in [-0.39, 0.29) is 5.02 Å². The van der Waals surface area contributed by atoms with Crippen LogP contribution >= 0.6 is 58.0 Å². The summed E-state index contributed by atoms with van der Waals surface area (Å²) in [4.78, 5) is 0. The van der Waals surface area contributed by atoms with E-state index >= 15 is 0 Å². The lowest BCUT2D eigenvalue weighted by Gasteiger charge is -2.10. The molecule has 0 atom stereocenters. The standard InChI is InChI=1S/C12H5Cl5O/c13-6-1-7(14)3-9(2-6)18-11-5-8(15)4-10(16)12(11)17/h1-5H. The average molecular weight is 342 g/mol. The summed E-state index contributed by atoms with van der Waals surface area (Å²) in [6, 6.07) is 7.91. The first-order valence-electron chi connectivity index (χ1n) is 4.74. The monoisotopic (exact) mass is 340 g/mol. The van der Waals surface area contributed by atoms with Gasteiger partial charge in [0.25, 0.3) is 0 Å². The lowest BCUT2D eigenvalue weighted by atomic mass is 10.3. The van der Waals surface area contributed by atoms with Crippen LogP contribution in [0.3, 0.4) is 0 Å². The molecule has 0 amide bonds. The molecule has 0 aliphatic heterocycles. The molecule has 18 heavy (non-hydrogen) atoms. The molecule has 0 bridgehead atoms. The van der Waals surface area contributed by atoms with Gasteiger partial charge in [-0.05, 0) is 24.3 Å². The van der Waals surface area contributed by atoms with Crippen molar-refractivity contribution in [2.24, 2.45) is 0 Å². The van der Waals surface area contributed by atoms with E-state index in [0.29, 0.717) is 31.6 Å². The Morgan fingerprint density at radius 2 is 1.22 bits per heavy atom. The van der Waals surface area contributed by atoms with E-state index in [4.69, 9.17) is 62.7 Å². The second-order valence-corrected chi connectivity index (χ2v) is 5.50. The Hall–Kier alpha value is -0.310. The zero-order valence-electron chi connectivity index (χ0n) is 8.68. The van der Waals surface area contributed by atoms with Crippen LogP contribution in [0.15, 0.2) is 30.3 Å². The van der Waals surface area contributed by atoms with Crippen LogP contribution in [-0.2, 0) is 0 Å². The molecule has 0 radical (unpaired) electrons. The molecule has 0 spiro atoms. The second-order valence-electron chi connectivity index (χ2n) is 3.41. The predicted octanol–water partition coefficient (Wildman–Crippen LogP) is 6.75. The SMILES string of the molecule is Clc1cc(Cl)cc(Oc2cc(Cl)cc(Cl)c2Cl)c1. The summed E-state index contributed by atoms with van der Waals surface area (Å²) in [7, 11) is 0. The van der Waals surface area contributed by atoms with E-state index in [0.717, 1.165) is 0 Å². The highest BCUT2D eigenvalue weighted by molar-refractivity contribution is 6.44. The smallest absolute Gasteiger partial charge is 0.149 e.